The molecule has 0 bridgehead atoms. The number of ether oxygens (including phenoxy) is 1. The minimum atomic E-state index is 0.101. The molecular weight excluding hydrogens is 174 g/mol. The summed E-state index contributed by atoms with van der Waals surface area (Å²) >= 11 is 0. The van der Waals surface area contributed by atoms with Crippen LogP contribution in [0.15, 0.2) is 18.2 Å². The van der Waals surface area contributed by atoms with Crippen molar-refractivity contribution in [3.05, 3.63) is 29.3 Å². The smallest absolute Gasteiger partial charge is 0.122 e. The Labute approximate surface area is 85.1 Å². The Balaban J connectivity index is 2.17. The van der Waals surface area contributed by atoms with E-state index in [-0.39, 0.29) is 6.04 Å². The highest BCUT2D eigenvalue weighted by atomic mass is 16.5. The zero-order valence-corrected chi connectivity index (χ0v) is 8.79. The molecule has 2 heteroatoms. The maximum absolute atomic E-state index is 5.81. The molecule has 0 aromatic heterocycles. The van der Waals surface area contributed by atoms with Gasteiger partial charge in [0.1, 0.15) is 5.75 Å². The van der Waals surface area contributed by atoms with Crippen LogP contribution in [0, 0.1) is 6.92 Å². The summed E-state index contributed by atoms with van der Waals surface area (Å²) in [4.78, 5) is 0. The molecule has 14 heavy (non-hydrogen) atoms. The fourth-order valence-corrected chi connectivity index (χ4v) is 1.45. The maximum Gasteiger partial charge on any atom is 0.122 e. The second-order valence-electron chi connectivity index (χ2n) is 4.13. The van der Waals surface area contributed by atoms with Gasteiger partial charge in [0.2, 0.25) is 0 Å². The van der Waals surface area contributed by atoms with Crippen LogP contribution in [0.2, 0.25) is 0 Å². The molecule has 0 unspecified atom stereocenters. The second-order valence-corrected chi connectivity index (χ2v) is 4.13. The molecule has 0 heterocycles. The molecule has 0 amide bonds. The molecule has 1 aromatic rings. The van der Waals surface area contributed by atoms with Crippen LogP contribution in [0.5, 0.6) is 5.75 Å². The first-order valence-corrected chi connectivity index (χ1v) is 5.19. The number of nitrogens with two attached hydrogens (primary N) is 1. The number of rotatable bonds is 3. The summed E-state index contributed by atoms with van der Waals surface area (Å²) in [6.07, 6.45) is 2.87. The zero-order valence-electron chi connectivity index (χ0n) is 8.79. The summed E-state index contributed by atoms with van der Waals surface area (Å²) in [5, 5.41) is 0. The third-order valence-electron chi connectivity index (χ3n) is 2.54. The molecule has 2 N–H and O–H groups in total. The molecule has 0 aliphatic heterocycles. The average Bonchev–Trinajstić information content (AvgIpc) is 2.92. The average molecular weight is 191 g/mol. The maximum atomic E-state index is 5.81. The van der Waals surface area contributed by atoms with E-state index in [1.807, 2.05) is 13.0 Å². The van der Waals surface area contributed by atoms with Crippen molar-refractivity contribution < 1.29 is 4.74 Å². The van der Waals surface area contributed by atoms with Gasteiger partial charge in [-0.1, -0.05) is 12.1 Å². The van der Waals surface area contributed by atoms with Crippen LogP contribution in [0.25, 0.3) is 0 Å². The Bertz CT molecular complexity index is 329. The molecule has 1 saturated carbocycles. The molecule has 0 spiro atoms. The SMILES string of the molecule is Cc1cc([C@@H](C)N)ccc1OC1CC1. The van der Waals surface area contributed by atoms with E-state index in [1.54, 1.807) is 0 Å². The van der Waals surface area contributed by atoms with Gasteiger partial charge in [-0.2, -0.15) is 0 Å². The van der Waals surface area contributed by atoms with E-state index in [2.05, 4.69) is 19.1 Å². The highest BCUT2D eigenvalue weighted by molar-refractivity contribution is 5.37. The summed E-state index contributed by atoms with van der Waals surface area (Å²) in [7, 11) is 0. The van der Waals surface area contributed by atoms with Gasteiger partial charge in [0, 0.05) is 6.04 Å². The minimum Gasteiger partial charge on any atom is -0.490 e. The summed E-state index contributed by atoms with van der Waals surface area (Å²) in [6.45, 7) is 4.07. The lowest BCUT2D eigenvalue weighted by molar-refractivity contribution is 0.301. The Kier molecular flexibility index (Phi) is 2.46. The van der Waals surface area contributed by atoms with Crippen molar-refractivity contribution in [2.45, 2.75) is 38.8 Å². The van der Waals surface area contributed by atoms with Crippen LogP contribution in [0.4, 0.5) is 0 Å². The van der Waals surface area contributed by atoms with Gasteiger partial charge < -0.3 is 10.5 Å². The lowest BCUT2D eigenvalue weighted by atomic mass is 10.1. The predicted octanol–water partition coefficient (Wildman–Crippen LogP) is 2.56. The van der Waals surface area contributed by atoms with Crippen LogP contribution in [0.1, 0.15) is 36.9 Å². The highest BCUT2D eigenvalue weighted by Gasteiger charge is 2.24. The van der Waals surface area contributed by atoms with Gasteiger partial charge in [-0.05, 0) is 43.9 Å². The van der Waals surface area contributed by atoms with Crippen LogP contribution in [-0.2, 0) is 0 Å². The Hall–Kier alpha value is -1.02. The Morgan fingerprint density at radius 2 is 2.14 bits per heavy atom. The van der Waals surface area contributed by atoms with Crippen molar-refractivity contribution in [2.75, 3.05) is 0 Å². The number of hydrogen-bond acceptors (Lipinski definition) is 2. The van der Waals surface area contributed by atoms with Gasteiger partial charge in [0.05, 0.1) is 6.10 Å². The molecule has 76 valence electrons. The molecular formula is C12H17NO. The van der Waals surface area contributed by atoms with Crippen molar-refractivity contribution in [3.8, 4) is 5.75 Å². The number of aryl methyl sites for hydroxylation is 1. The van der Waals surface area contributed by atoms with Crippen molar-refractivity contribution >= 4 is 0 Å². The normalized spacial score (nSPS) is 17.9. The van der Waals surface area contributed by atoms with E-state index in [0.29, 0.717) is 6.10 Å². The topological polar surface area (TPSA) is 35.2 Å². The fraction of sp³-hybridized carbons (Fsp3) is 0.500. The second kappa shape index (κ2) is 3.62. The van der Waals surface area contributed by atoms with Crippen LogP contribution in [0.3, 0.4) is 0 Å². The van der Waals surface area contributed by atoms with Crippen molar-refractivity contribution in [2.24, 2.45) is 5.73 Å². The van der Waals surface area contributed by atoms with Crippen LogP contribution < -0.4 is 10.5 Å². The number of hydrogen-bond donors (Lipinski definition) is 1. The van der Waals surface area contributed by atoms with Gasteiger partial charge in [-0.3, -0.25) is 0 Å². The summed E-state index contributed by atoms with van der Waals surface area (Å²) in [5.41, 5.74) is 8.16. The first kappa shape index (κ1) is 9.53. The van der Waals surface area contributed by atoms with Gasteiger partial charge in [-0.25, -0.2) is 0 Å². The van der Waals surface area contributed by atoms with E-state index in [9.17, 15) is 0 Å². The molecule has 2 nitrogen and oxygen atoms in total. The lowest BCUT2D eigenvalue weighted by Gasteiger charge is -2.11. The van der Waals surface area contributed by atoms with Crippen molar-refractivity contribution in [1.82, 2.24) is 0 Å². The Morgan fingerprint density at radius 1 is 1.43 bits per heavy atom. The molecule has 0 radical (unpaired) electrons. The quantitative estimate of drug-likeness (QED) is 0.797. The predicted molar refractivity (Wildman–Crippen MR) is 57.4 cm³/mol. The lowest BCUT2D eigenvalue weighted by Crippen LogP contribution is -2.06. The monoisotopic (exact) mass is 191 g/mol. The molecule has 2 rings (SSSR count). The van der Waals surface area contributed by atoms with Gasteiger partial charge in [0.15, 0.2) is 0 Å². The van der Waals surface area contributed by atoms with Crippen LogP contribution >= 0.6 is 0 Å². The van der Waals surface area contributed by atoms with E-state index in [4.69, 9.17) is 10.5 Å². The molecule has 0 saturated heterocycles. The first-order chi connectivity index (χ1) is 6.66. The van der Waals surface area contributed by atoms with Gasteiger partial charge in [0.25, 0.3) is 0 Å². The van der Waals surface area contributed by atoms with E-state index in [0.717, 1.165) is 5.75 Å². The fourth-order valence-electron chi connectivity index (χ4n) is 1.45. The van der Waals surface area contributed by atoms with Gasteiger partial charge in [-0.15, -0.1) is 0 Å². The highest BCUT2D eigenvalue weighted by Crippen LogP contribution is 2.29. The molecule has 1 atom stereocenters. The summed E-state index contributed by atoms with van der Waals surface area (Å²) in [6, 6.07) is 6.30. The molecule has 1 fully saturated rings. The molecule has 1 aliphatic carbocycles. The molecule has 1 aromatic carbocycles. The van der Waals surface area contributed by atoms with E-state index < -0.39 is 0 Å². The van der Waals surface area contributed by atoms with Crippen molar-refractivity contribution in [1.29, 1.82) is 0 Å². The largest absolute Gasteiger partial charge is 0.490 e. The Morgan fingerprint density at radius 3 is 2.64 bits per heavy atom. The van der Waals surface area contributed by atoms with E-state index in [1.165, 1.54) is 24.0 Å². The third kappa shape index (κ3) is 2.07. The number of benzene rings is 1. The zero-order chi connectivity index (χ0) is 10.1. The third-order valence-corrected chi connectivity index (χ3v) is 2.54. The summed E-state index contributed by atoms with van der Waals surface area (Å²) in [5.74, 6) is 1.01. The standard InChI is InChI=1S/C12H17NO/c1-8-7-10(9(2)13)3-6-12(8)14-11-4-5-11/h3,6-7,9,11H,4-5,13H2,1-2H3/t9-/m1/s1. The molecule has 1 aliphatic rings. The van der Waals surface area contributed by atoms with Crippen LogP contribution in [-0.4, -0.2) is 6.10 Å². The first-order valence-electron chi connectivity index (χ1n) is 5.19. The van der Waals surface area contributed by atoms with E-state index >= 15 is 0 Å². The summed E-state index contributed by atoms with van der Waals surface area (Å²) < 4.78 is 5.75. The van der Waals surface area contributed by atoms with Gasteiger partial charge >= 0.3 is 0 Å². The van der Waals surface area contributed by atoms with Crippen molar-refractivity contribution in [3.63, 3.8) is 0 Å². The minimum absolute atomic E-state index is 0.101.